The van der Waals surface area contributed by atoms with Crippen molar-refractivity contribution in [3.05, 3.63) is 0 Å². The maximum atomic E-state index is 9.53. The molecule has 0 amide bonds. The first kappa shape index (κ1) is 8.52. The first-order chi connectivity index (χ1) is 5.77. The summed E-state index contributed by atoms with van der Waals surface area (Å²) in [6.07, 6.45) is 4.67. The zero-order valence-corrected chi connectivity index (χ0v) is 7.79. The molecule has 2 aliphatic rings. The Hall–Kier alpha value is -0.0800. The van der Waals surface area contributed by atoms with E-state index in [2.05, 4.69) is 12.2 Å². The van der Waals surface area contributed by atoms with E-state index in [-0.39, 0.29) is 6.10 Å². The van der Waals surface area contributed by atoms with Gasteiger partial charge in [-0.3, -0.25) is 0 Å². The van der Waals surface area contributed by atoms with Crippen molar-refractivity contribution >= 4 is 0 Å². The summed E-state index contributed by atoms with van der Waals surface area (Å²) in [6, 6.07) is 0.401. The highest BCUT2D eigenvalue weighted by Gasteiger charge is 2.33. The van der Waals surface area contributed by atoms with Crippen LogP contribution in [0.4, 0.5) is 0 Å². The molecule has 2 nitrogen and oxygen atoms in total. The summed E-state index contributed by atoms with van der Waals surface area (Å²) in [7, 11) is 0. The van der Waals surface area contributed by atoms with Gasteiger partial charge in [-0.2, -0.15) is 0 Å². The molecule has 0 heterocycles. The zero-order valence-electron chi connectivity index (χ0n) is 7.79. The van der Waals surface area contributed by atoms with Crippen molar-refractivity contribution in [1.82, 2.24) is 5.32 Å². The van der Waals surface area contributed by atoms with Gasteiger partial charge in [-0.15, -0.1) is 0 Å². The molecule has 0 radical (unpaired) electrons. The Morgan fingerprint density at radius 2 is 2.17 bits per heavy atom. The van der Waals surface area contributed by atoms with Crippen molar-refractivity contribution < 1.29 is 5.11 Å². The van der Waals surface area contributed by atoms with Gasteiger partial charge in [0.15, 0.2) is 0 Å². The lowest BCUT2D eigenvalue weighted by Crippen LogP contribution is -2.36. The number of aliphatic hydroxyl groups is 1. The van der Waals surface area contributed by atoms with E-state index in [1.165, 1.54) is 19.3 Å². The molecule has 0 aromatic rings. The topological polar surface area (TPSA) is 32.3 Å². The van der Waals surface area contributed by atoms with E-state index in [0.29, 0.717) is 6.04 Å². The largest absolute Gasteiger partial charge is 0.392 e. The Morgan fingerprint density at radius 1 is 1.42 bits per heavy atom. The Kier molecular flexibility index (Phi) is 2.37. The van der Waals surface area contributed by atoms with Crippen LogP contribution in [0.3, 0.4) is 0 Å². The van der Waals surface area contributed by atoms with E-state index in [9.17, 15) is 5.11 Å². The minimum atomic E-state index is -0.0703. The third kappa shape index (κ3) is 1.80. The lowest BCUT2D eigenvalue weighted by molar-refractivity contribution is 0.148. The van der Waals surface area contributed by atoms with E-state index < -0.39 is 0 Å². The predicted molar refractivity (Wildman–Crippen MR) is 48.9 cm³/mol. The van der Waals surface area contributed by atoms with Crippen molar-refractivity contribution in [2.75, 3.05) is 6.54 Å². The van der Waals surface area contributed by atoms with Crippen LogP contribution in [0.25, 0.3) is 0 Å². The Morgan fingerprint density at radius 3 is 2.67 bits per heavy atom. The third-order valence-corrected chi connectivity index (χ3v) is 3.40. The minimum absolute atomic E-state index is 0.0703. The molecule has 2 saturated carbocycles. The van der Waals surface area contributed by atoms with Gasteiger partial charge in [0.2, 0.25) is 0 Å². The van der Waals surface area contributed by atoms with Crippen LogP contribution >= 0.6 is 0 Å². The molecule has 4 atom stereocenters. The molecule has 2 N–H and O–H groups in total. The van der Waals surface area contributed by atoms with Crippen LogP contribution in [0.15, 0.2) is 0 Å². The van der Waals surface area contributed by atoms with Gasteiger partial charge in [-0.25, -0.2) is 0 Å². The molecule has 12 heavy (non-hydrogen) atoms. The van der Waals surface area contributed by atoms with E-state index in [1.807, 2.05) is 0 Å². The van der Waals surface area contributed by atoms with Gasteiger partial charge in [0.05, 0.1) is 6.10 Å². The summed E-state index contributed by atoms with van der Waals surface area (Å²) in [6.45, 7) is 3.43. The molecule has 0 aromatic carbocycles. The second-order valence-corrected chi connectivity index (χ2v) is 4.49. The standard InChI is InChI=1S/C10H19NO/c1-7-5-8(7)6-11-9-3-2-4-10(9)12/h7-12H,2-6H2,1H3/t7?,8?,9-,10-/m0/s1. The Bertz CT molecular complexity index is 160. The molecule has 0 saturated heterocycles. The molecule has 0 aliphatic heterocycles. The second kappa shape index (κ2) is 3.35. The van der Waals surface area contributed by atoms with Crippen molar-refractivity contribution in [1.29, 1.82) is 0 Å². The van der Waals surface area contributed by atoms with Crippen molar-refractivity contribution in [3.8, 4) is 0 Å². The maximum Gasteiger partial charge on any atom is 0.0693 e. The van der Waals surface area contributed by atoms with Crippen LogP contribution in [0, 0.1) is 11.8 Å². The highest BCUT2D eigenvalue weighted by atomic mass is 16.3. The van der Waals surface area contributed by atoms with Crippen molar-refractivity contribution in [3.63, 3.8) is 0 Å². The number of hydrogen-bond donors (Lipinski definition) is 2. The number of hydrogen-bond acceptors (Lipinski definition) is 2. The van der Waals surface area contributed by atoms with E-state index in [1.54, 1.807) is 0 Å². The fraction of sp³-hybridized carbons (Fsp3) is 1.00. The van der Waals surface area contributed by atoms with Gasteiger partial charge >= 0.3 is 0 Å². The molecule has 2 rings (SSSR count). The Labute approximate surface area is 74.4 Å². The van der Waals surface area contributed by atoms with Gasteiger partial charge < -0.3 is 10.4 Å². The summed E-state index contributed by atoms with van der Waals surface area (Å²) >= 11 is 0. The van der Waals surface area contributed by atoms with E-state index in [0.717, 1.165) is 24.8 Å². The maximum absolute atomic E-state index is 9.53. The van der Waals surface area contributed by atoms with Gasteiger partial charge in [0, 0.05) is 6.04 Å². The van der Waals surface area contributed by atoms with Crippen LogP contribution in [0.5, 0.6) is 0 Å². The monoisotopic (exact) mass is 169 g/mol. The molecule has 0 bridgehead atoms. The highest BCUT2D eigenvalue weighted by Crippen LogP contribution is 2.37. The molecule has 0 aromatic heterocycles. The smallest absolute Gasteiger partial charge is 0.0693 e. The minimum Gasteiger partial charge on any atom is -0.392 e. The van der Waals surface area contributed by atoms with Crippen molar-refractivity contribution in [2.45, 2.75) is 44.8 Å². The summed E-state index contributed by atoms with van der Waals surface area (Å²) in [4.78, 5) is 0. The van der Waals surface area contributed by atoms with Gasteiger partial charge in [0.25, 0.3) is 0 Å². The molecular weight excluding hydrogens is 150 g/mol. The van der Waals surface area contributed by atoms with Gasteiger partial charge in [-0.05, 0) is 44.1 Å². The second-order valence-electron chi connectivity index (χ2n) is 4.49. The van der Waals surface area contributed by atoms with E-state index in [4.69, 9.17) is 0 Å². The van der Waals surface area contributed by atoms with Crippen molar-refractivity contribution in [2.24, 2.45) is 11.8 Å². The average Bonchev–Trinajstić information content (AvgIpc) is 2.57. The number of aliphatic hydroxyl groups excluding tert-OH is 1. The summed E-state index contributed by atoms with van der Waals surface area (Å²) in [5, 5.41) is 13.0. The van der Waals surface area contributed by atoms with Gasteiger partial charge in [0.1, 0.15) is 0 Å². The predicted octanol–water partition coefficient (Wildman–Crippen LogP) is 1.15. The quantitative estimate of drug-likeness (QED) is 0.664. The molecular formula is C10H19NO. The van der Waals surface area contributed by atoms with Crippen LogP contribution < -0.4 is 5.32 Å². The van der Waals surface area contributed by atoms with Crippen LogP contribution in [0.1, 0.15) is 32.6 Å². The Balaban J connectivity index is 1.65. The fourth-order valence-electron chi connectivity index (χ4n) is 2.16. The summed E-state index contributed by atoms with van der Waals surface area (Å²) in [5.41, 5.74) is 0. The lowest BCUT2D eigenvalue weighted by Gasteiger charge is -2.15. The fourth-order valence-corrected chi connectivity index (χ4v) is 2.16. The first-order valence-electron chi connectivity index (χ1n) is 5.19. The highest BCUT2D eigenvalue weighted by molar-refractivity contribution is 4.88. The SMILES string of the molecule is CC1CC1CN[C@H]1CCC[C@@H]1O. The number of rotatable bonds is 3. The molecule has 2 heteroatoms. The van der Waals surface area contributed by atoms with Crippen LogP contribution in [-0.4, -0.2) is 23.8 Å². The average molecular weight is 169 g/mol. The number of nitrogens with one attached hydrogen (secondary N) is 1. The van der Waals surface area contributed by atoms with E-state index >= 15 is 0 Å². The van der Waals surface area contributed by atoms with Crippen LogP contribution in [0.2, 0.25) is 0 Å². The third-order valence-electron chi connectivity index (χ3n) is 3.40. The normalized spacial score (nSPS) is 46.5. The lowest BCUT2D eigenvalue weighted by atomic mass is 10.2. The summed E-state index contributed by atoms with van der Waals surface area (Å²) < 4.78 is 0. The zero-order chi connectivity index (χ0) is 8.55. The molecule has 70 valence electrons. The molecule has 2 unspecified atom stereocenters. The molecule has 2 aliphatic carbocycles. The first-order valence-corrected chi connectivity index (χ1v) is 5.19. The summed E-state index contributed by atoms with van der Waals surface area (Å²) in [5.74, 6) is 1.83. The molecule has 2 fully saturated rings. The van der Waals surface area contributed by atoms with Gasteiger partial charge in [-0.1, -0.05) is 6.92 Å². The molecule has 0 spiro atoms. The van der Waals surface area contributed by atoms with Crippen LogP contribution in [-0.2, 0) is 0 Å².